The number of fused-ring (bicyclic) bond motifs is 1. The highest BCUT2D eigenvalue weighted by Gasteiger charge is 2.26. The molecule has 1 amide bonds. The zero-order valence-electron chi connectivity index (χ0n) is 23.8. The lowest BCUT2D eigenvalue weighted by Gasteiger charge is -2.17. The zero-order valence-corrected chi connectivity index (χ0v) is 24.6. The second kappa shape index (κ2) is 11.4. The third-order valence-electron chi connectivity index (χ3n) is 7.59. The van der Waals surface area contributed by atoms with Gasteiger partial charge in [0.05, 0.1) is 10.9 Å². The number of benzene rings is 3. The lowest BCUT2D eigenvalue weighted by atomic mass is 10.0. The normalized spacial score (nSPS) is 15.0. The number of nitrogens with one attached hydrogen (secondary N) is 2. The van der Waals surface area contributed by atoms with E-state index in [-0.39, 0.29) is 39.2 Å². The van der Waals surface area contributed by atoms with Crippen molar-refractivity contribution in [3.8, 4) is 22.6 Å². The standard InChI is InChI=1S/C32H28F2N4O5S/c1-19-5-9-22(10-6-19)44(41,42)38-15-13-23-25(18-37(2)32(40)30(23)38)24-17-21(36-31(39)27-4-3-14-35-27)8-12-28(24)43-29-11-7-20(33)16-26(29)34/h5-13,15-18,27,35H,3-4,14H2,1-2H3,(H,36,39)/t27-/m0/s1. The Morgan fingerprint density at radius 1 is 1.00 bits per heavy atom. The summed E-state index contributed by atoms with van der Waals surface area (Å²) < 4.78 is 63.7. The molecule has 1 aliphatic heterocycles. The maximum absolute atomic E-state index is 14.6. The van der Waals surface area contributed by atoms with Gasteiger partial charge in [-0.2, -0.15) is 0 Å². The predicted molar refractivity (Wildman–Crippen MR) is 162 cm³/mol. The van der Waals surface area contributed by atoms with E-state index in [1.807, 2.05) is 6.92 Å². The monoisotopic (exact) mass is 618 g/mol. The van der Waals surface area contributed by atoms with Crippen LogP contribution in [-0.4, -0.2) is 35.5 Å². The summed E-state index contributed by atoms with van der Waals surface area (Å²) in [5.41, 5.74) is 1.33. The topological polar surface area (TPSA) is 111 Å². The molecule has 1 aliphatic rings. The molecule has 0 spiro atoms. The van der Waals surface area contributed by atoms with Crippen LogP contribution in [0.4, 0.5) is 14.5 Å². The largest absolute Gasteiger partial charge is 0.454 e. The van der Waals surface area contributed by atoms with Gasteiger partial charge in [-0.3, -0.25) is 9.59 Å². The number of rotatable bonds is 7. The van der Waals surface area contributed by atoms with Gasteiger partial charge in [-0.1, -0.05) is 17.7 Å². The van der Waals surface area contributed by atoms with Gasteiger partial charge in [-0.05, 0) is 74.8 Å². The van der Waals surface area contributed by atoms with Gasteiger partial charge < -0.3 is 19.9 Å². The Morgan fingerprint density at radius 3 is 2.45 bits per heavy atom. The van der Waals surface area contributed by atoms with Gasteiger partial charge >= 0.3 is 0 Å². The molecule has 0 radical (unpaired) electrons. The number of anilines is 1. The van der Waals surface area contributed by atoms with Crippen molar-refractivity contribution in [2.75, 3.05) is 11.9 Å². The Hall–Kier alpha value is -4.81. The van der Waals surface area contributed by atoms with Crippen LogP contribution >= 0.6 is 0 Å². The summed E-state index contributed by atoms with van der Waals surface area (Å²) in [6.07, 6.45) is 4.38. The Morgan fingerprint density at radius 2 is 1.75 bits per heavy atom. The van der Waals surface area contributed by atoms with Crippen molar-refractivity contribution >= 4 is 32.5 Å². The van der Waals surface area contributed by atoms with E-state index in [9.17, 15) is 26.8 Å². The molecule has 1 atom stereocenters. The van der Waals surface area contributed by atoms with E-state index in [4.69, 9.17) is 4.74 Å². The van der Waals surface area contributed by atoms with Crippen LogP contribution in [0.15, 0.2) is 88.8 Å². The molecule has 0 bridgehead atoms. The minimum atomic E-state index is -4.16. The van der Waals surface area contributed by atoms with Crippen molar-refractivity contribution < 1.29 is 26.7 Å². The van der Waals surface area contributed by atoms with E-state index < -0.39 is 27.2 Å². The number of hydrogen-bond donors (Lipinski definition) is 2. The fourth-order valence-electron chi connectivity index (χ4n) is 5.29. The maximum atomic E-state index is 14.6. The minimum absolute atomic E-state index is 0.00842. The summed E-state index contributed by atoms with van der Waals surface area (Å²) in [6, 6.07) is 15.0. The van der Waals surface area contributed by atoms with Crippen LogP contribution in [0.2, 0.25) is 0 Å². The Bertz CT molecular complexity index is 2080. The van der Waals surface area contributed by atoms with E-state index in [1.165, 1.54) is 48.3 Å². The van der Waals surface area contributed by atoms with Crippen molar-refractivity contribution in [2.45, 2.75) is 30.7 Å². The average molecular weight is 619 g/mol. The van der Waals surface area contributed by atoms with Crippen molar-refractivity contribution in [3.05, 3.63) is 107 Å². The second-order valence-corrected chi connectivity index (χ2v) is 12.5. The molecule has 1 fully saturated rings. The Kier molecular flexibility index (Phi) is 7.56. The molecule has 5 aromatic rings. The third kappa shape index (κ3) is 5.38. The van der Waals surface area contributed by atoms with Crippen LogP contribution in [0.5, 0.6) is 11.5 Å². The molecular weight excluding hydrogens is 590 g/mol. The van der Waals surface area contributed by atoms with Crippen molar-refractivity contribution in [1.29, 1.82) is 0 Å². The number of carbonyl (C=O) groups is 1. The van der Waals surface area contributed by atoms with Gasteiger partial charge in [-0.15, -0.1) is 0 Å². The molecule has 1 saturated heterocycles. The highest BCUT2D eigenvalue weighted by molar-refractivity contribution is 7.90. The lowest BCUT2D eigenvalue weighted by molar-refractivity contribution is -0.117. The second-order valence-electron chi connectivity index (χ2n) is 10.7. The number of aromatic nitrogens is 2. The van der Waals surface area contributed by atoms with Crippen LogP contribution in [0.3, 0.4) is 0 Å². The van der Waals surface area contributed by atoms with Crippen molar-refractivity contribution in [3.63, 3.8) is 0 Å². The van der Waals surface area contributed by atoms with E-state index in [0.29, 0.717) is 29.3 Å². The molecule has 44 heavy (non-hydrogen) atoms. The molecule has 6 rings (SSSR count). The number of hydrogen-bond acceptors (Lipinski definition) is 6. The van der Waals surface area contributed by atoms with Crippen LogP contribution < -0.4 is 20.9 Å². The van der Waals surface area contributed by atoms with E-state index in [1.54, 1.807) is 24.3 Å². The SMILES string of the molecule is Cc1ccc(S(=O)(=O)n2ccc3c(-c4cc(NC(=O)[C@@H]5CCCN5)ccc4Oc4ccc(F)cc4F)cn(C)c(=O)c32)cc1. The van der Waals surface area contributed by atoms with Crippen molar-refractivity contribution in [2.24, 2.45) is 7.05 Å². The molecular formula is C32H28F2N4O5S. The molecule has 3 aromatic carbocycles. The lowest BCUT2D eigenvalue weighted by Crippen LogP contribution is -2.35. The summed E-state index contributed by atoms with van der Waals surface area (Å²) in [6.45, 7) is 2.57. The molecule has 0 aliphatic carbocycles. The van der Waals surface area contributed by atoms with Gasteiger partial charge in [0.2, 0.25) is 5.91 Å². The summed E-state index contributed by atoms with van der Waals surface area (Å²) >= 11 is 0. The van der Waals surface area contributed by atoms with Crippen LogP contribution in [0.25, 0.3) is 22.0 Å². The fourth-order valence-corrected chi connectivity index (χ4v) is 6.64. The molecule has 2 aromatic heterocycles. The van der Waals surface area contributed by atoms with Gasteiger partial charge in [0, 0.05) is 47.7 Å². The van der Waals surface area contributed by atoms with Crippen LogP contribution in [-0.2, 0) is 21.9 Å². The number of ether oxygens (including phenoxy) is 1. The predicted octanol–water partition coefficient (Wildman–Crippen LogP) is 5.31. The highest BCUT2D eigenvalue weighted by Crippen LogP contribution is 2.40. The highest BCUT2D eigenvalue weighted by atomic mass is 32.2. The molecule has 0 unspecified atom stereocenters. The summed E-state index contributed by atoms with van der Waals surface area (Å²) in [4.78, 5) is 26.3. The van der Waals surface area contributed by atoms with Crippen molar-refractivity contribution in [1.82, 2.24) is 13.9 Å². The number of carbonyl (C=O) groups excluding carboxylic acids is 1. The first-order valence-electron chi connectivity index (χ1n) is 13.9. The quantitative estimate of drug-likeness (QED) is 0.256. The smallest absolute Gasteiger partial charge is 0.275 e. The first-order chi connectivity index (χ1) is 21.0. The first-order valence-corrected chi connectivity index (χ1v) is 15.3. The van der Waals surface area contributed by atoms with E-state index in [2.05, 4.69) is 10.6 Å². The molecule has 9 nitrogen and oxygen atoms in total. The molecule has 3 heterocycles. The van der Waals surface area contributed by atoms with Crippen LogP contribution in [0, 0.1) is 18.6 Å². The Balaban J connectivity index is 1.53. The minimum Gasteiger partial charge on any atom is -0.454 e. The zero-order chi connectivity index (χ0) is 31.2. The summed E-state index contributed by atoms with van der Waals surface area (Å²) in [7, 11) is -2.67. The third-order valence-corrected chi connectivity index (χ3v) is 9.28. The van der Waals surface area contributed by atoms with E-state index >= 15 is 0 Å². The summed E-state index contributed by atoms with van der Waals surface area (Å²) in [5.74, 6) is -2.06. The number of aryl methyl sites for hydroxylation is 2. The molecule has 2 N–H and O–H groups in total. The Labute approximate surface area is 251 Å². The molecule has 12 heteroatoms. The first kappa shape index (κ1) is 29.3. The molecule has 226 valence electrons. The van der Waals surface area contributed by atoms with E-state index in [0.717, 1.165) is 34.6 Å². The van der Waals surface area contributed by atoms with Gasteiger partial charge in [0.15, 0.2) is 11.6 Å². The van der Waals surface area contributed by atoms with Gasteiger partial charge in [0.25, 0.3) is 15.6 Å². The number of nitrogens with zero attached hydrogens (tertiary/aromatic N) is 2. The maximum Gasteiger partial charge on any atom is 0.275 e. The fraction of sp³-hybridized carbons (Fsp3) is 0.188. The van der Waals surface area contributed by atoms with Crippen LogP contribution in [0.1, 0.15) is 18.4 Å². The number of halogens is 2. The van der Waals surface area contributed by atoms with Gasteiger partial charge in [0.1, 0.15) is 17.1 Å². The van der Waals surface area contributed by atoms with Gasteiger partial charge in [-0.25, -0.2) is 21.2 Å². The molecule has 0 saturated carbocycles. The number of amides is 1. The average Bonchev–Trinajstić information content (AvgIpc) is 3.69. The summed E-state index contributed by atoms with van der Waals surface area (Å²) in [5, 5.41) is 6.31. The number of pyridine rings is 1.